The van der Waals surface area contributed by atoms with E-state index in [0.29, 0.717) is 0 Å². The number of hydroxylamine groups is 1. The van der Waals surface area contributed by atoms with Crippen LogP contribution in [-0.4, -0.2) is 24.7 Å². The molecule has 50 valence electrons. The summed E-state index contributed by atoms with van der Waals surface area (Å²) in [6.45, 7) is 0. The van der Waals surface area contributed by atoms with Crippen molar-refractivity contribution < 1.29 is 9.88 Å². The van der Waals surface area contributed by atoms with Crippen LogP contribution in [0.15, 0.2) is 0 Å². The maximum atomic E-state index is 9.93. The van der Waals surface area contributed by atoms with Crippen LogP contribution in [0.1, 0.15) is 0 Å². The van der Waals surface area contributed by atoms with Crippen molar-refractivity contribution in [2.75, 3.05) is 14.2 Å². The lowest BCUT2D eigenvalue weighted by Gasteiger charge is -2.37. The first-order valence-electron chi connectivity index (χ1n) is 1.77. The van der Waals surface area contributed by atoms with Crippen molar-refractivity contribution in [2.45, 2.75) is 0 Å². The van der Waals surface area contributed by atoms with Crippen molar-refractivity contribution >= 4 is 0 Å². The number of nitrogens with zero attached hydrogens (tertiary/aromatic N) is 2. The molecule has 0 aliphatic rings. The molecule has 0 aromatic heterocycles. The smallest absolute Gasteiger partial charge is 0.0733 e. The number of hydrazine groups is 1. The van der Waals surface area contributed by atoms with E-state index in [-0.39, 0.29) is 10.5 Å². The van der Waals surface area contributed by atoms with Gasteiger partial charge in [-0.3, -0.25) is 0 Å². The summed E-state index contributed by atoms with van der Waals surface area (Å²) in [5.41, 5.74) is 0. The first-order chi connectivity index (χ1) is 3.68. The van der Waals surface area contributed by atoms with E-state index < -0.39 is 0 Å². The summed E-state index contributed by atoms with van der Waals surface area (Å²) in [7, 11) is 2.10. The van der Waals surface area contributed by atoms with Crippen molar-refractivity contribution in [3.8, 4) is 0 Å². The molecule has 0 aliphatic heterocycles. The summed E-state index contributed by atoms with van der Waals surface area (Å²) >= 11 is 0. The average Bonchev–Trinajstić information content (AvgIpc) is 1.67. The second-order valence-electron chi connectivity index (χ2n) is 0.943. The Bertz CT molecular complexity index is 58.0. The van der Waals surface area contributed by atoms with Gasteiger partial charge in [0.2, 0.25) is 0 Å². The van der Waals surface area contributed by atoms with Crippen LogP contribution in [0, 0.1) is 10.4 Å². The molecule has 0 aromatic carbocycles. The third-order valence-corrected chi connectivity index (χ3v) is 0.368. The van der Waals surface area contributed by atoms with Crippen molar-refractivity contribution in [3.63, 3.8) is 0 Å². The predicted octanol–water partition coefficient (Wildman–Crippen LogP) is -0.376. The molecule has 0 atom stereocenters. The van der Waals surface area contributed by atoms with E-state index in [1.165, 1.54) is 0 Å². The normalized spacial score (nSPS) is 11.2. The summed E-state index contributed by atoms with van der Waals surface area (Å²) in [4.78, 5) is 7.53. The maximum absolute atomic E-state index is 9.93. The highest BCUT2D eigenvalue weighted by molar-refractivity contribution is 4.35. The average molecular weight is 122 g/mol. The Balaban J connectivity index is 3.17. The molecule has 0 saturated carbocycles. The van der Waals surface area contributed by atoms with Crippen LogP contribution >= 0.6 is 0 Å². The summed E-state index contributed by atoms with van der Waals surface area (Å²) in [5.74, 6) is 0. The van der Waals surface area contributed by atoms with E-state index in [1.54, 1.807) is 0 Å². The zero-order valence-corrected chi connectivity index (χ0v) is 4.53. The van der Waals surface area contributed by atoms with Gasteiger partial charge >= 0.3 is 0 Å². The van der Waals surface area contributed by atoms with Crippen LogP contribution in [0.2, 0.25) is 0 Å². The molecule has 0 radical (unpaired) electrons. The largest absolute Gasteiger partial charge is 0.771 e. The molecule has 6 heteroatoms. The standard InChI is InChI=1S/C2H6N2O4/c1-3(5)4(6)8-7-2/h1-2H3/q-2. The van der Waals surface area contributed by atoms with Crippen LogP contribution in [0.5, 0.6) is 0 Å². The van der Waals surface area contributed by atoms with Crippen molar-refractivity contribution in [3.05, 3.63) is 10.4 Å². The van der Waals surface area contributed by atoms with Gasteiger partial charge in [0, 0.05) is 0 Å². The first kappa shape index (κ1) is 7.76. The highest BCUT2D eigenvalue weighted by Crippen LogP contribution is 1.88. The molecule has 0 rings (SSSR count). The van der Waals surface area contributed by atoms with Crippen molar-refractivity contribution in [2.24, 2.45) is 0 Å². The quantitative estimate of drug-likeness (QED) is 0.375. The molecule has 6 nitrogen and oxygen atoms in total. The molecule has 0 N–H and O–H groups in total. The Morgan fingerprint density at radius 1 is 1.38 bits per heavy atom. The molecule has 0 aliphatic carbocycles. The molecule has 0 amide bonds. The summed E-state index contributed by atoms with van der Waals surface area (Å²) in [5, 5.41) is 19.4. The monoisotopic (exact) mass is 122 g/mol. The lowest BCUT2D eigenvalue weighted by molar-refractivity contribution is -0.439. The van der Waals surface area contributed by atoms with E-state index in [1.807, 2.05) is 0 Å². The highest BCUT2D eigenvalue weighted by Gasteiger charge is 1.83. The molecule has 0 unspecified atom stereocenters. The number of hydrogen-bond donors (Lipinski definition) is 0. The van der Waals surface area contributed by atoms with Gasteiger partial charge in [0.15, 0.2) is 0 Å². The Kier molecular flexibility index (Phi) is 3.61. The van der Waals surface area contributed by atoms with Crippen LogP contribution in [0.25, 0.3) is 0 Å². The lowest BCUT2D eigenvalue weighted by Crippen LogP contribution is -2.29. The minimum atomic E-state index is -0.347. The lowest BCUT2D eigenvalue weighted by atomic mass is 11.5. The van der Waals surface area contributed by atoms with E-state index in [9.17, 15) is 10.4 Å². The summed E-state index contributed by atoms with van der Waals surface area (Å²) in [6, 6.07) is 0. The van der Waals surface area contributed by atoms with Gasteiger partial charge in [-0.2, -0.15) is 5.34 Å². The molecule has 0 aromatic rings. The van der Waals surface area contributed by atoms with E-state index >= 15 is 0 Å². The van der Waals surface area contributed by atoms with Crippen molar-refractivity contribution in [1.29, 1.82) is 0 Å². The zero-order chi connectivity index (χ0) is 6.57. The second-order valence-corrected chi connectivity index (χ2v) is 0.943. The maximum Gasteiger partial charge on any atom is 0.0733 e. The van der Waals surface area contributed by atoms with Gasteiger partial charge < -0.3 is 15.6 Å². The van der Waals surface area contributed by atoms with Gasteiger partial charge in [0.05, 0.1) is 7.11 Å². The van der Waals surface area contributed by atoms with Crippen molar-refractivity contribution in [1.82, 2.24) is 10.5 Å². The third-order valence-electron chi connectivity index (χ3n) is 0.368. The molecular weight excluding hydrogens is 116 g/mol. The van der Waals surface area contributed by atoms with Gasteiger partial charge in [-0.25, -0.2) is 4.89 Å². The predicted molar refractivity (Wildman–Crippen MR) is 24.4 cm³/mol. The Morgan fingerprint density at radius 3 is 2.00 bits per heavy atom. The molecule has 8 heavy (non-hydrogen) atoms. The highest BCUT2D eigenvalue weighted by atomic mass is 17.3. The zero-order valence-electron chi connectivity index (χ0n) is 4.53. The minimum Gasteiger partial charge on any atom is -0.771 e. The molecule has 0 fully saturated rings. The Hall–Kier alpha value is -0.240. The molecule has 0 bridgehead atoms. The number of hydrogen-bond acceptors (Lipinski definition) is 6. The molecule has 0 saturated heterocycles. The van der Waals surface area contributed by atoms with E-state index in [2.05, 4.69) is 9.88 Å². The fourth-order valence-electron chi connectivity index (χ4n) is 0.111. The van der Waals surface area contributed by atoms with Crippen LogP contribution in [0.3, 0.4) is 0 Å². The fraction of sp³-hybridized carbons (Fsp3) is 1.00. The van der Waals surface area contributed by atoms with Gasteiger partial charge in [-0.05, 0) is 7.05 Å². The molecular formula is C2H6N2O4-2. The van der Waals surface area contributed by atoms with Gasteiger partial charge in [0.1, 0.15) is 0 Å². The Morgan fingerprint density at radius 2 is 1.88 bits per heavy atom. The van der Waals surface area contributed by atoms with Gasteiger partial charge in [0.25, 0.3) is 0 Å². The van der Waals surface area contributed by atoms with E-state index in [0.717, 1.165) is 14.2 Å². The van der Waals surface area contributed by atoms with Crippen LogP contribution in [0.4, 0.5) is 0 Å². The number of rotatable bonds is 3. The second kappa shape index (κ2) is 3.72. The van der Waals surface area contributed by atoms with Crippen LogP contribution < -0.4 is 0 Å². The van der Waals surface area contributed by atoms with E-state index in [4.69, 9.17) is 0 Å². The van der Waals surface area contributed by atoms with Gasteiger partial charge in [-0.15, -0.1) is 4.99 Å². The minimum absolute atomic E-state index is 0.0660. The third kappa shape index (κ3) is 2.86. The van der Waals surface area contributed by atoms with Crippen LogP contribution in [-0.2, 0) is 9.88 Å². The molecule has 0 heterocycles. The summed E-state index contributed by atoms with van der Waals surface area (Å²) < 4.78 is 0. The topological polar surface area (TPSA) is 71.1 Å². The van der Waals surface area contributed by atoms with Gasteiger partial charge in [-0.1, -0.05) is 0 Å². The summed E-state index contributed by atoms with van der Waals surface area (Å²) in [6.07, 6.45) is 0. The fourth-order valence-corrected chi connectivity index (χ4v) is 0.111. The molecule has 0 spiro atoms. The Labute approximate surface area is 46.2 Å². The first-order valence-corrected chi connectivity index (χ1v) is 1.77. The SMILES string of the molecule is COON([O-])N(C)[O-].